The lowest BCUT2D eigenvalue weighted by Crippen LogP contribution is -2.41. The number of aromatic amines is 1. The Bertz CT molecular complexity index is 988. The minimum atomic E-state index is -0.626. The molecule has 4 N–H and O–H groups in total. The smallest absolute Gasteiger partial charge is 0.319 e. The van der Waals surface area contributed by atoms with Crippen LogP contribution in [0.5, 0.6) is 0 Å². The molecule has 9 heteroatoms. The molecular formula is C18H17ClN4O4. The van der Waals surface area contributed by atoms with Crippen LogP contribution in [0.4, 0.5) is 16.2 Å². The van der Waals surface area contributed by atoms with Gasteiger partial charge in [0.05, 0.1) is 17.6 Å². The topological polar surface area (TPSA) is 120 Å². The summed E-state index contributed by atoms with van der Waals surface area (Å²) in [5.41, 5.74) is 1.87. The Labute approximate surface area is 159 Å². The third-order valence-electron chi connectivity index (χ3n) is 4.10. The molecule has 2 aromatic carbocycles. The van der Waals surface area contributed by atoms with Gasteiger partial charge >= 0.3 is 6.03 Å². The predicted octanol–water partition coefficient (Wildman–Crippen LogP) is 3.45. The number of halogens is 1. The maximum absolute atomic E-state index is 12.2. The van der Waals surface area contributed by atoms with Crippen LogP contribution in [0.3, 0.4) is 0 Å². The number of carbonyl (C=O) groups is 1. The number of para-hydroxylation sites is 1. The van der Waals surface area contributed by atoms with E-state index in [1.807, 2.05) is 30.5 Å². The highest BCUT2D eigenvalue weighted by atomic mass is 35.5. The third-order valence-corrected chi connectivity index (χ3v) is 4.42. The zero-order chi connectivity index (χ0) is 19.4. The number of nitro groups is 1. The standard InChI is InChI=1S/C18H17ClN4O4/c19-15-6-5-12(8-17(15)23(26)27)21-18(25)22-13(10-24)7-11-9-20-16-4-2-1-3-14(11)16/h1-6,8-9,13,20,24H,7,10H2,(H2,21,22,25). The molecule has 3 aromatic rings. The number of carbonyl (C=O) groups excluding carboxylic acids is 1. The molecule has 1 aromatic heterocycles. The van der Waals surface area contributed by atoms with Gasteiger partial charge in [-0.15, -0.1) is 0 Å². The molecule has 140 valence electrons. The predicted molar refractivity (Wildman–Crippen MR) is 103 cm³/mol. The molecule has 1 heterocycles. The number of nitro benzene ring substituents is 1. The van der Waals surface area contributed by atoms with Crippen molar-refractivity contribution in [2.45, 2.75) is 12.5 Å². The summed E-state index contributed by atoms with van der Waals surface area (Å²) >= 11 is 5.76. The Hall–Kier alpha value is -3.10. The monoisotopic (exact) mass is 388 g/mol. The molecule has 8 nitrogen and oxygen atoms in total. The summed E-state index contributed by atoms with van der Waals surface area (Å²) in [6.45, 7) is -0.256. The number of fused-ring (bicyclic) bond motifs is 1. The fourth-order valence-electron chi connectivity index (χ4n) is 2.81. The minimum absolute atomic E-state index is 0.0153. The number of nitrogens with one attached hydrogen (secondary N) is 3. The highest BCUT2D eigenvalue weighted by Gasteiger charge is 2.17. The van der Waals surface area contributed by atoms with Crippen molar-refractivity contribution in [3.63, 3.8) is 0 Å². The fourth-order valence-corrected chi connectivity index (χ4v) is 3.00. The summed E-state index contributed by atoms with van der Waals surface area (Å²) in [5.74, 6) is 0. The van der Waals surface area contributed by atoms with Gasteiger partial charge in [-0.2, -0.15) is 0 Å². The van der Waals surface area contributed by atoms with E-state index in [0.29, 0.717) is 6.42 Å². The Balaban J connectivity index is 1.67. The van der Waals surface area contributed by atoms with Crippen LogP contribution in [0, 0.1) is 10.1 Å². The van der Waals surface area contributed by atoms with Gasteiger partial charge in [0.1, 0.15) is 5.02 Å². The maximum atomic E-state index is 12.2. The van der Waals surface area contributed by atoms with Crippen LogP contribution < -0.4 is 10.6 Å². The second-order valence-electron chi connectivity index (χ2n) is 5.96. The summed E-state index contributed by atoms with van der Waals surface area (Å²) in [7, 11) is 0. The van der Waals surface area contributed by atoms with Gasteiger partial charge in [0.15, 0.2) is 0 Å². The molecule has 0 saturated carbocycles. The van der Waals surface area contributed by atoms with E-state index in [1.54, 1.807) is 0 Å². The largest absolute Gasteiger partial charge is 0.394 e. The second kappa shape index (κ2) is 8.07. The summed E-state index contributed by atoms with van der Waals surface area (Å²) < 4.78 is 0. The number of rotatable bonds is 6. The van der Waals surface area contributed by atoms with Crippen LogP contribution in [0.2, 0.25) is 5.02 Å². The molecule has 1 unspecified atom stereocenters. The van der Waals surface area contributed by atoms with Crippen LogP contribution in [0.25, 0.3) is 10.9 Å². The average molecular weight is 389 g/mol. The number of aliphatic hydroxyl groups excluding tert-OH is 1. The average Bonchev–Trinajstić information content (AvgIpc) is 3.05. The number of hydrogen-bond donors (Lipinski definition) is 4. The molecule has 2 amide bonds. The minimum Gasteiger partial charge on any atom is -0.394 e. The van der Waals surface area contributed by atoms with Crippen LogP contribution in [-0.2, 0) is 6.42 Å². The lowest BCUT2D eigenvalue weighted by Gasteiger charge is -2.16. The lowest BCUT2D eigenvalue weighted by atomic mass is 10.1. The van der Waals surface area contributed by atoms with Crippen LogP contribution in [-0.4, -0.2) is 33.7 Å². The van der Waals surface area contributed by atoms with E-state index in [2.05, 4.69) is 15.6 Å². The molecule has 0 saturated heterocycles. The normalized spacial score (nSPS) is 11.9. The van der Waals surface area contributed by atoms with E-state index in [-0.39, 0.29) is 23.0 Å². The molecule has 27 heavy (non-hydrogen) atoms. The van der Waals surface area contributed by atoms with Crippen molar-refractivity contribution in [3.8, 4) is 0 Å². The zero-order valence-electron chi connectivity index (χ0n) is 14.1. The number of aromatic nitrogens is 1. The Kier molecular flexibility index (Phi) is 5.58. The number of benzene rings is 2. The molecule has 0 radical (unpaired) electrons. The third kappa shape index (κ3) is 4.36. The molecular weight excluding hydrogens is 372 g/mol. The van der Waals surface area contributed by atoms with Crippen LogP contribution in [0.1, 0.15) is 5.56 Å². The number of anilines is 1. The molecule has 0 aliphatic rings. The van der Waals surface area contributed by atoms with Gasteiger partial charge < -0.3 is 20.7 Å². The molecule has 1 atom stereocenters. The second-order valence-corrected chi connectivity index (χ2v) is 6.37. The first kappa shape index (κ1) is 18.7. The molecule has 3 rings (SSSR count). The Morgan fingerprint density at radius 1 is 1.30 bits per heavy atom. The summed E-state index contributed by atoms with van der Waals surface area (Å²) in [4.78, 5) is 25.6. The van der Waals surface area contributed by atoms with Crippen molar-refractivity contribution < 1.29 is 14.8 Å². The van der Waals surface area contributed by atoms with E-state index >= 15 is 0 Å². The first-order valence-corrected chi connectivity index (χ1v) is 8.53. The fraction of sp³-hybridized carbons (Fsp3) is 0.167. The van der Waals surface area contributed by atoms with Gasteiger partial charge in [0.25, 0.3) is 5.69 Å². The molecule has 0 aliphatic heterocycles. The van der Waals surface area contributed by atoms with E-state index in [9.17, 15) is 20.0 Å². The highest BCUT2D eigenvalue weighted by molar-refractivity contribution is 6.32. The van der Waals surface area contributed by atoms with E-state index in [0.717, 1.165) is 16.5 Å². The van der Waals surface area contributed by atoms with Gasteiger partial charge in [0, 0.05) is 28.9 Å². The summed E-state index contributed by atoms with van der Waals surface area (Å²) in [6, 6.07) is 10.6. The van der Waals surface area contributed by atoms with Crippen molar-refractivity contribution in [2.75, 3.05) is 11.9 Å². The molecule has 0 bridgehead atoms. The van der Waals surface area contributed by atoms with Crippen molar-refractivity contribution in [1.82, 2.24) is 10.3 Å². The van der Waals surface area contributed by atoms with E-state index in [1.165, 1.54) is 18.2 Å². The number of urea groups is 1. The molecule has 0 spiro atoms. The zero-order valence-corrected chi connectivity index (χ0v) is 14.9. The maximum Gasteiger partial charge on any atom is 0.319 e. The van der Waals surface area contributed by atoms with E-state index < -0.39 is 17.0 Å². The van der Waals surface area contributed by atoms with Crippen molar-refractivity contribution in [1.29, 1.82) is 0 Å². The lowest BCUT2D eigenvalue weighted by molar-refractivity contribution is -0.384. The summed E-state index contributed by atoms with van der Waals surface area (Å²) in [6.07, 6.45) is 2.27. The summed E-state index contributed by atoms with van der Waals surface area (Å²) in [5, 5.41) is 26.7. The molecule has 0 fully saturated rings. The van der Waals surface area contributed by atoms with Gasteiger partial charge in [-0.3, -0.25) is 10.1 Å². The first-order valence-electron chi connectivity index (χ1n) is 8.15. The number of nitrogens with zero attached hydrogens (tertiary/aromatic N) is 1. The first-order chi connectivity index (χ1) is 13.0. The quantitative estimate of drug-likeness (QED) is 0.381. The van der Waals surface area contributed by atoms with Crippen LogP contribution >= 0.6 is 11.6 Å². The van der Waals surface area contributed by atoms with Gasteiger partial charge in [0.2, 0.25) is 0 Å². The Morgan fingerprint density at radius 2 is 2.07 bits per heavy atom. The number of hydrogen-bond acceptors (Lipinski definition) is 4. The van der Waals surface area contributed by atoms with Crippen molar-refractivity contribution in [2.24, 2.45) is 0 Å². The van der Waals surface area contributed by atoms with Gasteiger partial charge in [-0.1, -0.05) is 29.8 Å². The molecule has 0 aliphatic carbocycles. The highest BCUT2D eigenvalue weighted by Crippen LogP contribution is 2.27. The number of H-pyrrole nitrogens is 1. The number of amides is 2. The van der Waals surface area contributed by atoms with E-state index in [4.69, 9.17) is 11.6 Å². The number of aliphatic hydroxyl groups is 1. The Morgan fingerprint density at radius 3 is 2.81 bits per heavy atom. The van der Waals surface area contributed by atoms with Crippen LogP contribution in [0.15, 0.2) is 48.7 Å². The van der Waals surface area contributed by atoms with Crippen molar-refractivity contribution in [3.05, 3.63) is 69.4 Å². The van der Waals surface area contributed by atoms with Gasteiger partial charge in [-0.05, 0) is 30.2 Å². The van der Waals surface area contributed by atoms with Crippen molar-refractivity contribution >= 4 is 39.9 Å². The van der Waals surface area contributed by atoms with Gasteiger partial charge in [-0.25, -0.2) is 4.79 Å². The SMILES string of the molecule is O=C(Nc1ccc(Cl)c([N+](=O)[O-])c1)NC(CO)Cc1c[nH]c2ccccc12.